The van der Waals surface area contributed by atoms with Crippen LogP contribution in [0.1, 0.15) is 310 Å². The summed E-state index contributed by atoms with van der Waals surface area (Å²) < 4.78 is 17.0. The Morgan fingerprint density at radius 2 is 0.476 bits per heavy atom. The van der Waals surface area contributed by atoms with Gasteiger partial charge in [-0.05, 0) is 135 Å². The van der Waals surface area contributed by atoms with Gasteiger partial charge in [0.25, 0.3) is 0 Å². The third-order valence-corrected chi connectivity index (χ3v) is 14.4. The van der Waals surface area contributed by atoms with Gasteiger partial charge in [-0.3, -0.25) is 14.4 Å². The lowest BCUT2D eigenvalue weighted by atomic mass is 10.1. The Kier molecular flexibility index (Phi) is 65.3. The summed E-state index contributed by atoms with van der Waals surface area (Å²) in [7, 11) is 0. The van der Waals surface area contributed by atoms with Crippen molar-refractivity contribution in [1.82, 2.24) is 0 Å². The van der Waals surface area contributed by atoms with E-state index in [2.05, 4.69) is 154 Å². The van der Waals surface area contributed by atoms with Crippen LogP contribution in [0.2, 0.25) is 0 Å². The summed E-state index contributed by atoms with van der Waals surface area (Å²) in [4.78, 5) is 38.4. The number of ether oxygens (including phenoxy) is 3. The fraction of sp³-hybridized carbons (Fsp3) is 0.671. The van der Waals surface area contributed by atoms with Gasteiger partial charge in [-0.2, -0.15) is 0 Å². The highest BCUT2D eigenvalue weighted by Gasteiger charge is 2.19. The topological polar surface area (TPSA) is 78.9 Å². The molecule has 6 heteroatoms. The van der Waals surface area contributed by atoms with E-state index < -0.39 is 6.10 Å². The highest BCUT2D eigenvalue weighted by Crippen LogP contribution is 2.16. The summed E-state index contributed by atoms with van der Waals surface area (Å²) in [5, 5.41) is 0. The van der Waals surface area contributed by atoms with Gasteiger partial charge in [-0.1, -0.05) is 289 Å². The molecule has 0 rings (SSSR count). The van der Waals surface area contributed by atoms with Gasteiger partial charge in [-0.25, -0.2) is 0 Å². The average Bonchev–Trinajstić information content (AvgIpc) is 3.47. The van der Waals surface area contributed by atoms with Gasteiger partial charge in [0.2, 0.25) is 0 Å². The fourth-order valence-corrected chi connectivity index (χ4v) is 9.32. The van der Waals surface area contributed by atoms with Gasteiger partial charge in [0.05, 0.1) is 0 Å². The van der Waals surface area contributed by atoms with Gasteiger partial charge in [0, 0.05) is 19.3 Å². The maximum absolute atomic E-state index is 12.9. The Morgan fingerprint density at radius 3 is 0.756 bits per heavy atom. The first kappa shape index (κ1) is 77.5. The zero-order valence-electron chi connectivity index (χ0n) is 53.5. The summed E-state index contributed by atoms with van der Waals surface area (Å²) in [5.41, 5.74) is 0. The number of esters is 3. The van der Waals surface area contributed by atoms with Crippen LogP contribution < -0.4 is 0 Å². The standard InChI is InChI=1S/C76H126O6/c1-4-7-10-13-16-19-22-25-28-30-32-34-35-36-37-38-39-40-41-43-44-46-48-51-54-57-60-63-66-69-75(78)81-72-73(71-80-74(77)68-65-62-59-56-53-50-27-24-21-18-15-12-9-6-3)82-76(79)70-67-64-61-58-55-52-49-47-45-42-33-31-29-26-23-20-17-14-11-8-5-2/h7-8,10-11,16-17,19-20,24-29,32-34,36-37,39-40,42,73H,4-6,9,12-15,18,21-23,30-31,35,38,41,43-72H2,1-3H3/b10-7-,11-8-,19-16-,20-17-,27-24-,28-25-,29-26-,34-32-,37-36-,40-39-,42-33-. The van der Waals surface area contributed by atoms with Crippen molar-refractivity contribution in [1.29, 1.82) is 0 Å². The maximum atomic E-state index is 12.9. The van der Waals surface area contributed by atoms with Crippen LogP contribution in [-0.4, -0.2) is 37.2 Å². The highest BCUT2D eigenvalue weighted by atomic mass is 16.6. The first-order chi connectivity index (χ1) is 40.5. The Hall–Kier alpha value is -4.45. The van der Waals surface area contributed by atoms with Crippen LogP contribution in [0.4, 0.5) is 0 Å². The van der Waals surface area contributed by atoms with Crippen LogP contribution in [0.5, 0.6) is 0 Å². The van der Waals surface area contributed by atoms with Crippen molar-refractivity contribution in [3.63, 3.8) is 0 Å². The van der Waals surface area contributed by atoms with Crippen LogP contribution in [0.3, 0.4) is 0 Å². The molecule has 0 aliphatic rings. The summed E-state index contributed by atoms with van der Waals surface area (Å²) in [6.45, 7) is 6.41. The van der Waals surface area contributed by atoms with E-state index >= 15 is 0 Å². The third-order valence-electron chi connectivity index (χ3n) is 14.4. The monoisotopic (exact) mass is 1130 g/mol. The zero-order chi connectivity index (χ0) is 59.2. The lowest BCUT2D eigenvalue weighted by molar-refractivity contribution is -0.167. The predicted molar refractivity (Wildman–Crippen MR) is 357 cm³/mol. The molecular weight excluding hydrogens is 1010 g/mol. The van der Waals surface area contributed by atoms with Crippen molar-refractivity contribution in [2.24, 2.45) is 0 Å². The summed E-state index contributed by atoms with van der Waals surface area (Å²) in [5.74, 6) is -0.902. The van der Waals surface area contributed by atoms with Crippen molar-refractivity contribution in [2.45, 2.75) is 316 Å². The molecule has 0 fully saturated rings. The second-order valence-electron chi connectivity index (χ2n) is 22.3. The van der Waals surface area contributed by atoms with Gasteiger partial charge in [-0.15, -0.1) is 0 Å². The van der Waals surface area contributed by atoms with Gasteiger partial charge < -0.3 is 14.2 Å². The lowest BCUT2D eigenvalue weighted by Crippen LogP contribution is -2.30. The molecule has 0 aromatic carbocycles. The van der Waals surface area contributed by atoms with Crippen molar-refractivity contribution in [3.8, 4) is 0 Å². The van der Waals surface area contributed by atoms with Crippen LogP contribution in [-0.2, 0) is 28.6 Å². The van der Waals surface area contributed by atoms with E-state index in [9.17, 15) is 14.4 Å². The van der Waals surface area contributed by atoms with E-state index in [4.69, 9.17) is 14.2 Å². The summed E-state index contributed by atoms with van der Waals surface area (Å²) >= 11 is 0. The molecule has 1 unspecified atom stereocenters. The number of hydrogen-bond acceptors (Lipinski definition) is 6. The molecule has 0 bridgehead atoms. The summed E-state index contributed by atoms with van der Waals surface area (Å²) in [6, 6.07) is 0. The lowest BCUT2D eigenvalue weighted by Gasteiger charge is -2.18. The van der Waals surface area contributed by atoms with E-state index in [1.165, 1.54) is 135 Å². The Bertz CT molecular complexity index is 1730. The molecule has 0 saturated carbocycles. The molecule has 0 radical (unpaired) electrons. The van der Waals surface area contributed by atoms with Crippen LogP contribution >= 0.6 is 0 Å². The first-order valence-electron chi connectivity index (χ1n) is 34.2. The van der Waals surface area contributed by atoms with Crippen molar-refractivity contribution in [2.75, 3.05) is 13.2 Å². The molecule has 82 heavy (non-hydrogen) atoms. The molecule has 0 heterocycles. The van der Waals surface area contributed by atoms with E-state index in [-0.39, 0.29) is 31.1 Å². The second-order valence-corrected chi connectivity index (χ2v) is 22.3. The molecule has 0 spiro atoms. The number of carbonyl (C=O) groups is 3. The number of carbonyl (C=O) groups excluding carboxylic acids is 3. The van der Waals surface area contributed by atoms with E-state index in [0.717, 1.165) is 135 Å². The Labute approximate surface area is 506 Å². The zero-order valence-corrected chi connectivity index (χ0v) is 53.5. The SMILES string of the molecule is CC/C=C\C/C=C\C/C=C\C/C=C\C/C=C\C/C=C\CCCCCCCCCCCCC(=O)OCC(COC(=O)CCCCCCC/C=C\CCCCCCC)OC(=O)CCCCCCCCCC/C=C\C/C=C\C/C=C\C/C=C\CC. The normalized spacial score (nSPS) is 13.0. The van der Waals surface area contributed by atoms with Crippen LogP contribution in [0.25, 0.3) is 0 Å². The molecule has 1 atom stereocenters. The van der Waals surface area contributed by atoms with Crippen LogP contribution in [0.15, 0.2) is 134 Å². The van der Waals surface area contributed by atoms with Crippen molar-refractivity contribution >= 4 is 17.9 Å². The molecular formula is C76H126O6. The minimum atomic E-state index is -0.793. The Morgan fingerprint density at radius 1 is 0.256 bits per heavy atom. The van der Waals surface area contributed by atoms with Gasteiger partial charge in [0.1, 0.15) is 13.2 Å². The number of rotatable bonds is 61. The first-order valence-corrected chi connectivity index (χ1v) is 34.2. The van der Waals surface area contributed by atoms with Crippen LogP contribution in [0, 0.1) is 0 Å². The molecule has 0 N–H and O–H groups in total. The van der Waals surface area contributed by atoms with Gasteiger partial charge >= 0.3 is 17.9 Å². The van der Waals surface area contributed by atoms with Gasteiger partial charge in [0.15, 0.2) is 6.10 Å². The summed E-state index contributed by atoms with van der Waals surface area (Å²) in [6.07, 6.45) is 97.5. The molecule has 0 aromatic rings. The molecule has 466 valence electrons. The number of allylic oxidation sites excluding steroid dienone is 22. The highest BCUT2D eigenvalue weighted by molar-refractivity contribution is 5.71. The maximum Gasteiger partial charge on any atom is 0.306 e. The quantitative estimate of drug-likeness (QED) is 0.0261. The van der Waals surface area contributed by atoms with E-state index in [0.29, 0.717) is 19.3 Å². The predicted octanol–water partition coefficient (Wildman–Crippen LogP) is 23.7. The molecule has 6 nitrogen and oxygen atoms in total. The minimum Gasteiger partial charge on any atom is -0.462 e. The Balaban J connectivity index is 4.35. The second kappa shape index (κ2) is 69.0. The van der Waals surface area contributed by atoms with Crippen molar-refractivity contribution in [3.05, 3.63) is 134 Å². The van der Waals surface area contributed by atoms with Crippen molar-refractivity contribution < 1.29 is 28.6 Å². The largest absolute Gasteiger partial charge is 0.462 e. The van der Waals surface area contributed by atoms with E-state index in [1.807, 2.05) is 0 Å². The molecule has 0 aromatic heterocycles. The molecule has 0 saturated heterocycles. The smallest absolute Gasteiger partial charge is 0.306 e. The molecule has 0 aliphatic heterocycles. The number of hydrogen-bond donors (Lipinski definition) is 0. The minimum absolute atomic E-state index is 0.0885. The fourth-order valence-electron chi connectivity index (χ4n) is 9.32. The van der Waals surface area contributed by atoms with E-state index in [1.54, 1.807) is 0 Å². The number of unbranched alkanes of at least 4 members (excludes halogenated alkanes) is 28. The molecule has 0 amide bonds. The molecule has 0 aliphatic carbocycles. The average molecular weight is 1140 g/mol. The third kappa shape index (κ3) is 66.4.